The molecule has 4 rings (SSSR count). The lowest BCUT2D eigenvalue weighted by Gasteiger charge is -2.23. The molecule has 1 aliphatic heterocycles. The van der Waals surface area contributed by atoms with Gasteiger partial charge in [0, 0.05) is 41.0 Å². The lowest BCUT2D eigenvalue weighted by atomic mass is 9.88. The van der Waals surface area contributed by atoms with Crippen molar-refractivity contribution >= 4 is 32.7 Å². The minimum Gasteiger partial charge on any atom is -0.364 e. The van der Waals surface area contributed by atoms with Crippen molar-refractivity contribution in [3.63, 3.8) is 0 Å². The average Bonchev–Trinajstić information content (AvgIpc) is 3.17. The van der Waals surface area contributed by atoms with Gasteiger partial charge in [-0.3, -0.25) is 4.79 Å². The van der Waals surface area contributed by atoms with Gasteiger partial charge in [0.25, 0.3) is 5.91 Å². The van der Waals surface area contributed by atoms with Crippen LogP contribution in [0, 0.1) is 12.8 Å². The van der Waals surface area contributed by atoms with Gasteiger partial charge in [0.05, 0.1) is 5.56 Å². The van der Waals surface area contributed by atoms with Crippen LogP contribution >= 0.6 is 15.9 Å². The molecule has 1 aromatic carbocycles. The van der Waals surface area contributed by atoms with Crippen LogP contribution < -0.4 is 10.6 Å². The standard InChI is InChI=1S/C20H20BrN3O/c1-11-3-5-18-14(7-11)17(10-23-18)20(25)24-12(2)16-9-22-19-6-4-13(21)8-15(16)19/h3-7,9-10,12,15,22-23H,8H2,1-2H3,(H,24,25). The largest absolute Gasteiger partial charge is 0.364 e. The van der Waals surface area contributed by atoms with E-state index in [1.54, 1.807) is 6.20 Å². The fourth-order valence-electron chi connectivity index (χ4n) is 3.59. The third kappa shape index (κ3) is 2.93. The zero-order valence-corrected chi connectivity index (χ0v) is 15.8. The Hall–Kier alpha value is -2.27. The highest BCUT2D eigenvalue weighted by atomic mass is 79.9. The molecular weight excluding hydrogens is 378 g/mol. The minimum absolute atomic E-state index is 0.0379. The van der Waals surface area contributed by atoms with E-state index in [1.807, 2.05) is 38.2 Å². The Morgan fingerprint density at radius 2 is 2.20 bits per heavy atom. The summed E-state index contributed by atoms with van der Waals surface area (Å²) < 4.78 is 1.18. The number of aromatic nitrogens is 1. The van der Waals surface area contributed by atoms with Crippen molar-refractivity contribution in [1.82, 2.24) is 15.6 Å². The fourth-order valence-corrected chi connectivity index (χ4v) is 4.05. The predicted molar refractivity (Wildman–Crippen MR) is 104 cm³/mol. The Balaban J connectivity index is 1.54. The quantitative estimate of drug-likeness (QED) is 0.724. The van der Waals surface area contributed by atoms with Crippen LogP contribution in [-0.4, -0.2) is 16.9 Å². The van der Waals surface area contributed by atoms with Gasteiger partial charge in [-0.25, -0.2) is 0 Å². The van der Waals surface area contributed by atoms with E-state index in [0.717, 1.165) is 22.9 Å². The highest BCUT2D eigenvalue weighted by Gasteiger charge is 2.30. The molecule has 2 aromatic rings. The van der Waals surface area contributed by atoms with Crippen LogP contribution in [0.5, 0.6) is 0 Å². The van der Waals surface area contributed by atoms with Gasteiger partial charge < -0.3 is 15.6 Å². The molecular formula is C20H20BrN3O. The number of rotatable bonds is 3. The predicted octanol–water partition coefficient (Wildman–Crippen LogP) is 4.26. The second-order valence-corrected chi connectivity index (χ2v) is 7.75. The highest BCUT2D eigenvalue weighted by Crippen LogP contribution is 2.37. The van der Waals surface area contributed by atoms with Gasteiger partial charge >= 0.3 is 0 Å². The van der Waals surface area contributed by atoms with Crippen molar-refractivity contribution in [2.45, 2.75) is 26.3 Å². The van der Waals surface area contributed by atoms with Crippen LogP contribution in [0.2, 0.25) is 0 Å². The molecule has 0 fully saturated rings. The third-order valence-electron chi connectivity index (χ3n) is 4.96. The summed E-state index contributed by atoms with van der Waals surface area (Å²) in [6.07, 6.45) is 8.92. The van der Waals surface area contributed by atoms with E-state index in [1.165, 1.54) is 15.8 Å². The van der Waals surface area contributed by atoms with Crippen molar-refractivity contribution in [3.8, 4) is 0 Å². The summed E-state index contributed by atoms with van der Waals surface area (Å²) in [6.45, 7) is 4.08. The van der Waals surface area contributed by atoms with Crippen LogP contribution in [0.1, 0.15) is 29.3 Å². The van der Waals surface area contributed by atoms with E-state index in [-0.39, 0.29) is 11.9 Å². The fraction of sp³-hybridized carbons (Fsp3) is 0.250. The van der Waals surface area contributed by atoms with Gasteiger partial charge in [-0.15, -0.1) is 0 Å². The molecule has 25 heavy (non-hydrogen) atoms. The van der Waals surface area contributed by atoms with Crippen molar-refractivity contribution in [3.05, 3.63) is 69.6 Å². The Morgan fingerprint density at radius 3 is 3.04 bits per heavy atom. The molecule has 0 radical (unpaired) electrons. The molecule has 2 atom stereocenters. The maximum Gasteiger partial charge on any atom is 0.253 e. The second kappa shape index (κ2) is 6.23. The molecule has 2 aliphatic rings. The summed E-state index contributed by atoms with van der Waals surface area (Å²) in [6, 6.07) is 6.06. The SMILES string of the molecule is Cc1ccc2[nH]cc(C(=O)NC(C)C3=CNC4=CC=C(Br)CC43)c2c1. The number of hydrogen-bond acceptors (Lipinski definition) is 2. The van der Waals surface area contributed by atoms with E-state index in [0.29, 0.717) is 11.5 Å². The van der Waals surface area contributed by atoms with Crippen molar-refractivity contribution < 1.29 is 4.79 Å². The maximum absolute atomic E-state index is 12.8. The minimum atomic E-state index is -0.0481. The normalized spacial score (nSPS) is 20.3. The smallest absolute Gasteiger partial charge is 0.253 e. The van der Waals surface area contributed by atoms with Crippen molar-refractivity contribution in [2.75, 3.05) is 0 Å². The number of amides is 1. The first-order valence-electron chi connectivity index (χ1n) is 8.44. The number of allylic oxidation sites excluding steroid dienone is 4. The van der Waals surface area contributed by atoms with Crippen LogP contribution in [0.4, 0.5) is 0 Å². The summed E-state index contributed by atoms with van der Waals surface area (Å²) in [5, 5.41) is 7.45. The molecule has 0 bridgehead atoms. The number of halogens is 1. The molecule has 0 spiro atoms. The van der Waals surface area contributed by atoms with Gasteiger partial charge in [0.2, 0.25) is 0 Å². The summed E-state index contributed by atoms with van der Waals surface area (Å²) in [5.41, 5.74) is 5.22. The lowest BCUT2D eigenvalue weighted by molar-refractivity contribution is 0.0946. The van der Waals surface area contributed by atoms with E-state index in [9.17, 15) is 4.79 Å². The van der Waals surface area contributed by atoms with Crippen LogP contribution in [-0.2, 0) is 0 Å². The van der Waals surface area contributed by atoms with Crippen molar-refractivity contribution in [2.24, 2.45) is 5.92 Å². The van der Waals surface area contributed by atoms with Crippen molar-refractivity contribution in [1.29, 1.82) is 0 Å². The number of nitrogens with one attached hydrogen (secondary N) is 3. The van der Waals surface area contributed by atoms with E-state index < -0.39 is 0 Å². The number of hydrogen-bond donors (Lipinski definition) is 3. The Labute approximate surface area is 155 Å². The summed E-state index contributed by atoms with van der Waals surface area (Å²) in [5.74, 6) is 0.257. The van der Waals surface area contributed by atoms with E-state index in [2.05, 4.69) is 43.7 Å². The molecule has 0 saturated carbocycles. The average molecular weight is 398 g/mol. The molecule has 1 amide bonds. The first-order valence-corrected chi connectivity index (χ1v) is 9.23. The number of benzene rings is 1. The Bertz CT molecular complexity index is 951. The molecule has 2 unspecified atom stereocenters. The van der Waals surface area contributed by atoms with E-state index >= 15 is 0 Å². The molecule has 3 N–H and O–H groups in total. The summed E-state index contributed by atoms with van der Waals surface area (Å²) in [7, 11) is 0. The molecule has 2 heterocycles. The number of aryl methyl sites for hydroxylation is 1. The number of aromatic amines is 1. The zero-order valence-electron chi connectivity index (χ0n) is 14.2. The molecule has 0 saturated heterocycles. The zero-order chi connectivity index (χ0) is 17.6. The second-order valence-electron chi connectivity index (χ2n) is 6.73. The Morgan fingerprint density at radius 1 is 1.36 bits per heavy atom. The van der Waals surface area contributed by atoms with Gasteiger partial charge in [-0.05, 0) is 48.5 Å². The number of fused-ring (bicyclic) bond motifs is 2. The molecule has 128 valence electrons. The van der Waals surface area contributed by atoms with Crippen LogP contribution in [0.3, 0.4) is 0 Å². The monoisotopic (exact) mass is 397 g/mol. The van der Waals surface area contributed by atoms with Gasteiger partial charge in [0.15, 0.2) is 0 Å². The van der Waals surface area contributed by atoms with Gasteiger partial charge in [0.1, 0.15) is 0 Å². The molecule has 1 aromatic heterocycles. The molecule has 4 nitrogen and oxygen atoms in total. The number of carbonyl (C=O) groups excluding carboxylic acids is 1. The highest BCUT2D eigenvalue weighted by molar-refractivity contribution is 9.11. The number of H-pyrrole nitrogens is 1. The number of carbonyl (C=O) groups is 1. The van der Waals surface area contributed by atoms with Crippen LogP contribution in [0.15, 0.2) is 58.5 Å². The van der Waals surface area contributed by atoms with Gasteiger partial charge in [-0.2, -0.15) is 0 Å². The Kier molecular flexibility index (Phi) is 4.04. The lowest BCUT2D eigenvalue weighted by Crippen LogP contribution is -2.35. The third-order valence-corrected chi connectivity index (χ3v) is 5.54. The summed E-state index contributed by atoms with van der Waals surface area (Å²) in [4.78, 5) is 16.0. The van der Waals surface area contributed by atoms with Crippen LogP contribution in [0.25, 0.3) is 10.9 Å². The summed E-state index contributed by atoms with van der Waals surface area (Å²) >= 11 is 3.59. The topological polar surface area (TPSA) is 56.9 Å². The molecule has 1 aliphatic carbocycles. The molecule has 5 heteroatoms. The van der Waals surface area contributed by atoms with E-state index in [4.69, 9.17) is 0 Å². The first-order chi connectivity index (χ1) is 12.0. The van der Waals surface area contributed by atoms with Gasteiger partial charge in [-0.1, -0.05) is 33.6 Å². The first kappa shape index (κ1) is 16.2. The maximum atomic E-state index is 12.8.